The van der Waals surface area contributed by atoms with Crippen LogP contribution in [0.5, 0.6) is 0 Å². The Labute approximate surface area is 85.5 Å². The van der Waals surface area contributed by atoms with Crippen molar-refractivity contribution in [3.05, 3.63) is 35.1 Å². The van der Waals surface area contributed by atoms with Crippen molar-refractivity contribution >= 4 is 0 Å². The fourth-order valence-corrected chi connectivity index (χ4v) is 1.20. The van der Waals surface area contributed by atoms with Crippen LogP contribution in [0.1, 0.15) is 24.1 Å². The second-order valence-electron chi connectivity index (χ2n) is 3.41. The van der Waals surface area contributed by atoms with Gasteiger partial charge in [0.25, 0.3) is 5.92 Å². The Morgan fingerprint density at radius 2 is 2.07 bits per heavy atom. The highest BCUT2D eigenvalue weighted by Crippen LogP contribution is 2.29. The molecule has 0 heterocycles. The minimum Gasteiger partial charge on any atom is -0.394 e. The maximum absolute atomic E-state index is 13.2. The molecule has 1 aromatic rings. The largest absolute Gasteiger partial charge is 0.394 e. The molecule has 15 heavy (non-hydrogen) atoms. The number of nitrogens with two attached hydrogens (primary N) is 1. The van der Waals surface area contributed by atoms with E-state index in [1.165, 1.54) is 0 Å². The standard InChI is InChI=1S/C10H12F3NO/c1-10(12,13)6-2-3-8(11)7(4-6)9(14)5-15/h2-4,9,15H,5,14H2,1H3. The van der Waals surface area contributed by atoms with Gasteiger partial charge in [0, 0.05) is 18.1 Å². The van der Waals surface area contributed by atoms with Crippen molar-refractivity contribution in [3.8, 4) is 0 Å². The number of hydrogen-bond donors (Lipinski definition) is 2. The fourth-order valence-electron chi connectivity index (χ4n) is 1.20. The van der Waals surface area contributed by atoms with Crippen LogP contribution < -0.4 is 5.73 Å². The second kappa shape index (κ2) is 4.20. The SMILES string of the molecule is CC(F)(F)c1ccc(F)c(C(N)CO)c1. The molecule has 1 unspecified atom stereocenters. The Bertz CT molecular complexity index is 349. The first-order valence-electron chi connectivity index (χ1n) is 4.40. The Morgan fingerprint density at radius 1 is 1.47 bits per heavy atom. The van der Waals surface area contributed by atoms with Crippen LogP contribution in [0.15, 0.2) is 18.2 Å². The molecule has 0 aliphatic carbocycles. The van der Waals surface area contributed by atoms with Gasteiger partial charge in [-0.2, -0.15) is 0 Å². The monoisotopic (exact) mass is 219 g/mol. The summed E-state index contributed by atoms with van der Waals surface area (Å²) < 4.78 is 39.0. The lowest BCUT2D eigenvalue weighted by atomic mass is 10.0. The molecule has 1 rings (SSSR count). The summed E-state index contributed by atoms with van der Waals surface area (Å²) in [6, 6.07) is 1.93. The molecule has 2 nitrogen and oxygen atoms in total. The van der Waals surface area contributed by atoms with E-state index < -0.39 is 24.4 Å². The Morgan fingerprint density at radius 3 is 2.53 bits per heavy atom. The number of halogens is 3. The van der Waals surface area contributed by atoms with Gasteiger partial charge in [0.15, 0.2) is 0 Å². The molecule has 0 fully saturated rings. The fraction of sp³-hybridized carbons (Fsp3) is 0.400. The van der Waals surface area contributed by atoms with Crippen LogP contribution in [0, 0.1) is 5.82 Å². The summed E-state index contributed by atoms with van der Waals surface area (Å²) in [7, 11) is 0. The average molecular weight is 219 g/mol. The quantitative estimate of drug-likeness (QED) is 0.815. The minimum absolute atomic E-state index is 0.100. The second-order valence-corrected chi connectivity index (χ2v) is 3.41. The van der Waals surface area contributed by atoms with Crippen LogP contribution in [-0.4, -0.2) is 11.7 Å². The average Bonchev–Trinajstić information content (AvgIpc) is 2.15. The number of hydrogen-bond acceptors (Lipinski definition) is 2. The Kier molecular flexibility index (Phi) is 3.36. The van der Waals surface area contributed by atoms with E-state index in [9.17, 15) is 13.2 Å². The smallest absolute Gasteiger partial charge is 0.270 e. The lowest BCUT2D eigenvalue weighted by Crippen LogP contribution is -2.18. The highest BCUT2D eigenvalue weighted by molar-refractivity contribution is 5.30. The topological polar surface area (TPSA) is 46.2 Å². The Balaban J connectivity index is 3.17. The van der Waals surface area contributed by atoms with Gasteiger partial charge in [-0.1, -0.05) is 6.07 Å². The van der Waals surface area contributed by atoms with Crippen molar-refractivity contribution < 1.29 is 18.3 Å². The highest BCUT2D eigenvalue weighted by atomic mass is 19.3. The highest BCUT2D eigenvalue weighted by Gasteiger charge is 2.26. The van der Waals surface area contributed by atoms with E-state index >= 15 is 0 Å². The number of aliphatic hydroxyl groups is 1. The molecule has 84 valence electrons. The molecule has 0 aliphatic rings. The zero-order valence-corrected chi connectivity index (χ0v) is 8.17. The van der Waals surface area contributed by atoms with E-state index in [1.807, 2.05) is 0 Å². The van der Waals surface area contributed by atoms with Gasteiger partial charge in [-0.25, -0.2) is 13.2 Å². The van der Waals surface area contributed by atoms with E-state index in [0.717, 1.165) is 18.2 Å². The van der Waals surface area contributed by atoms with Crippen molar-refractivity contribution in [2.45, 2.75) is 18.9 Å². The maximum atomic E-state index is 13.2. The molecule has 3 N–H and O–H groups in total. The van der Waals surface area contributed by atoms with Gasteiger partial charge in [0.2, 0.25) is 0 Å². The summed E-state index contributed by atoms with van der Waals surface area (Å²) in [5.41, 5.74) is 4.96. The first-order chi connectivity index (χ1) is 6.86. The van der Waals surface area contributed by atoms with E-state index in [1.54, 1.807) is 0 Å². The summed E-state index contributed by atoms with van der Waals surface area (Å²) in [4.78, 5) is 0. The molecule has 0 bridgehead atoms. The molecule has 0 spiro atoms. The van der Waals surface area contributed by atoms with Gasteiger partial charge in [-0.3, -0.25) is 0 Å². The van der Waals surface area contributed by atoms with Crippen LogP contribution in [0.2, 0.25) is 0 Å². The summed E-state index contributed by atoms with van der Waals surface area (Å²) in [6.45, 7) is 0.226. The van der Waals surface area contributed by atoms with Gasteiger partial charge in [0.1, 0.15) is 5.82 Å². The maximum Gasteiger partial charge on any atom is 0.270 e. The van der Waals surface area contributed by atoms with E-state index in [-0.39, 0.29) is 11.1 Å². The number of rotatable bonds is 3. The zero-order chi connectivity index (χ0) is 11.6. The van der Waals surface area contributed by atoms with Crippen molar-refractivity contribution in [3.63, 3.8) is 0 Å². The molecular formula is C10H12F3NO. The predicted octanol–water partition coefficient (Wildman–Crippen LogP) is 1.93. The van der Waals surface area contributed by atoms with Crippen molar-refractivity contribution in [1.29, 1.82) is 0 Å². The number of benzene rings is 1. The third kappa shape index (κ3) is 2.70. The van der Waals surface area contributed by atoms with Gasteiger partial charge in [0.05, 0.1) is 12.6 Å². The first-order valence-corrected chi connectivity index (χ1v) is 4.40. The molecule has 1 atom stereocenters. The lowest BCUT2D eigenvalue weighted by Gasteiger charge is -2.15. The molecular weight excluding hydrogens is 207 g/mol. The van der Waals surface area contributed by atoms with Crippen LogP contribution in [0.25, 0.3) is 0 Å². The molecule has 0 aliphatic heterocycles. The zero-order valence-electron chi connectivity index (χ0n) is 8.17. The molecule has 0 saturated heterocycles. The Hall–Kier alpha value is -1.07. The van der Waals surface area contributed by atoms with E-state index in [4.69, 9.17) is 10.8 Å². The van der Waals surface area contributed by atoms with Crippen molar-refractivity contribution in [2.75, 3.05) is 6.61 Å². The van der Waals surface area contributed by atoms with Crippen LogP contribution in [0.3, 0.4) is 0 Å². The number of aliphatic hydroxyl groups excluding tert-OH is 1. The molecule has 0 saturated carbocycles. The van der Waals surface area contributed by atoms with Gasteiger partial charge in [-0.15, -0.1) is 0 Å². The predicted molar refractivity (Wildman–Crippen MR) is 50.0 cm³/mol. The number of alkyl halides is 2. The van der Waals surface area contributed by atoms with Crippen LogP contribution in [0.4, 0.5) is 13.2 Å². The summed E-state index contributed by atoms with van der Waals surface area (Å²) >= 11 is 0. The molecule has 0 amide bonds. The van der Waals surface area contributed by atoms with Gasteiger partial charge < -0.3 is 10.8 Å². The minimum atomic E-state index is -3.04. The third-order valence-electron chi connectivity index (χ3n) is 2.10. The molecule has 0 aromatic heterocycles. The van der Waals surface area contributed by atoms with E-state index in [0.29, 0.717) is 6.92 Å². The lowest BCUT2D eigenvalue weighted by molar-refractivity contribution is 0.0172. The van der Waals surface area contributed by atoms with Crippen LogP contribution >= 0.6 is 0 Å². The third-order valence-corrected chi connectivity index (χ3v) is 2.10. The van der Waals surface area contributed by atoms with Crippen molar-refractivity contribution in [1.82, 2.24) is 0 Å². The molecule has 0 radical (unpaired) electrons. The molecule has 5 heteroatoms. The van der Waals surface area contributed by atoms with Gasteiger partial charge in [-0.05, 0) is 12.1 Å². The van der Waals surface area contributed by atoms with Crippen molar-refractivity contribution in [2.24, 2.45) is 5.73 Å². The summed E-state index contributed by atoms with van der Waals surface area (Å²) in [5, 5.41) is 8.73. The summed E-state index contributed by atoms with van der Waals surface area (Å²) in [5.74, 6) is -3.73. The summed E-state index contributed by atoms with van der Waals surface area (Å²) in [6.07, 6.45) is 0. The van der Waals surface area contributed by atoms with Crippen LogP contribution in [-0.2, 0) is 5.92 Å². The van der Waals surface area contributed by atoms with Gasteiger partial charge >= 0.3 is 0 Å². The first kappa shape index (κ1) is 12.0. The normalized spacial score (nSPS) is 14.0. The van der Waals surface area contributed by atoms with E-state index in [2.05, 4.69) is 0 Å². The molecule has 1 aromatic carbocycles.